The SMILES string of the molecule is CN1CC(Nc2nc(N3CCC(C(=O)O)(c4ccccc4)CC3)nc3c2S(=O)CC3)CCC1=O. The second-order valence-electron chi connectivity index (χ2n) is 9.34. The second-order valence-corrected chi connectivity index (χ2v) is 10.8. The number of amides is 1. The highest BCUT2D eigenvalue weighted by Gasteiger charge is 2.43. The van der Waals surface area contributed by atoms with Crippen LogP contribution in [0.25, 0.3) is 0 Å². The Morgan fingerprint density at radius 3 is 2.59 bits per heavy atom. The number of anilines is 2. The maximum absolute atomic E-state index is 12.7. The number of carbonyl (C=O) groups excluding carboxylic acids is 1. The van der Waals surface area contributed by atoms with Crippen LogP contribution < -0.4 is 10.2 Å². The number of aryl methyl sites for hydroxylation is 1. The van der Waals surface area contributed by atoms with E-state index in [4.69, 9.17) is 9.97 Å². The highest BCUT2D eigenvalue weighted by molar-refractivity contribution is 7.85. The fraction of sp³-hybridized carbons (Fsp3) is 0.500. The minimum absolute atomic E-state index is 0.0336. The maximum atomic E-state index is 12.7. The lowest BCUT2D eigenvalue weighted by molar-refractivity contribution is -0.144. The van der Waals surface area contributed by atoms with Crippen molar-refractivity contribution in [2.24, 2.45) is 0 Å². The molecule has 2 saturated heterocycles. The quantitative estimate of drug-likeness (QED) is 0.662. The first-order chi connectivity index (χ1) is 16.4. The van der Waals surface area contributed by atoms with Gasteiger partial charge in [-0.25, -0.2) is 4.98 Å². The number of aromatic nitrogens is 2. The van der Waals surface area contributed by atoms with Gasteiger partial charge in [-0.15, -0.1) is 0 Å². The van der Waals surface area contributed by atoms with Crippen LogP contribution in [0.4, 0.5) is 11.8 Å². The summed E-state index contributed by atoms with van der Waals surface area (Å²) in [5, 5.41) is 13.5. The number of rotatable bonds is 5. The van der Waals surface area contributed by atoms with Crippen LogP contribution in [0.2, 0.25) is 0 Å². The van der Waals surface area contributed by atoms with Gasteiger partial charge in [-0.05, 0) is 24.8 Å². The Morgan fingerprint density at radius 1 is 1.18 bits per heavy atom. The molecule has 1 aromatic heterocycles. The number of likely N-dealkylation sites (N-methyl/N-ethyl adjacent to an activating group) is 1. The largest absolute Gasteiger partial charge is 0.481 e. The molecule has 0 bridgehead atoms. The Hall–Kier alpha value is -3.01. The molecule has 3 aliphatic rings. The summed E-state index contributed by atoms with van der Waals surface area (Å²) in [6, 6.07) is 9.46. The van der Waals surface area contributed by atoms with E-state index in [9.17, 15) is 18.9 Å². The number of hydrogen-bond donors (Lipinski definition) is 2. The molecule has 0 radical (unpaired) electrons. The standard InChI is InChI=1S/C24H29N5O4S/c1-28-15-17(7-8-19(28)30)25-21-20-18(9-14-34(20)33)26-23(27-21)29-12-10-24(11-13-29,22(31)32)16-5-3-2-4-6-16/h2-6,17H,7-15H2,1H3,(H,31,32)(H,25,26,27). The number of carboxylic acids is 1. The molecule has 0 aliphatic carbocycles. The Bertz CT molecular complexity index is 1130. The number of fused-ring (bicyclic) bond motifs is 1. The number of hydrogen-bond acceptors (Lipinski definition) is 7. The topological polar surface area (TPSA) is 116 Å². The molecular weight excluding hydrogens is 454 g/mol. The molecule has 9 nitrogen and oxygen atoms in total. The number of nitrogens with one attached hydrogen (secondary N) is 1. The van der Waals surface area contributed by atoms with E-state index in [0.717, 1.165) is 11.3 Å². The first-order valence-electron chi connectivity index (χ1n) is 11.7. The van der Waals surface area contributed by atoms with E-state index in [0.29, 0.717) is 74.2 Å². The molecule has 5 rings (SSSR count). The second kappa shape index (κ2) is 8.98. The zero-order valence-electron chi connectivity index (χ0n) is 19.2. The van der Waals surface area contributed by atoms with Crippen LogP contribution in [0, 0.1) is 0 Å². The van der Waals surface area contributed by atoms with Gasteiger partial charge >= 0.3 is 5.97 Å². The average molecular weight is 484 g/mol. The number of carbonyl (C=O) groups is 2. The van der Waals surface area contributed by atoms with Crippen LogP contribution in [0.5, 0.6) is 0 Å². The van der Waals surface area contributed by atoms with E-state index < -0.39 is 22.2 Å². The van der Waals surface area contributed by atoms with Gasteiger partial charge in [0.1, 0.15) is 10.7 Å². The lowest BCUT2D eigenvalue weighted by Gasteiger charge is -2.39. The van der Waals surface area contributed by atoms with Crippen LogP contribution in [-0.4, -0.2) is 74.5 Å². The van der Waals surface area contributed by atoms with Crippen molar-refractivity contribution in [2.75, 3.05) is 42.7 Å². The maximum Gasteiger partial charge on any atom is 0.314 e. The van der Waals surface area contributed by atoms with Crippen molar-refractivity contribution in [1.82, 2.24) is 14.9 Å². The minimum atomic E-state index is -1.15. The molecule has 34 heavy (non-hydrogen) atoms. The van der Waals surface area contributed by atoms with Gasteiger partial charge in [0.2, 0.25) is 11.9 Å². The van der Waals surface area contributed by atoms with Gasteiger partial charge in [0.25, 0.3) is 0 Å². The zero-order chi connectivity index (χ0) is 23.9. The van der Waals surface area contributed by atoms with Gasteiger partial charge < -0.3 is 20.2 Å². The van der Waals surface area contributed by atoms with Crippen molar-refractivity contribution in [3.8, 4) is 0 Å². The number of piperidine rings is 2. The van der Waals surface area contributed by atoms with Gasteiger partial charge in [-0.3, -0.25) is 13.8 Å². The molecule has 2 N–H and O–H groups in total. The number of nitrogens with zero attached hydrogens (tertiary/aromatic N) is 4. The van der Waals surface area contributed by atoms with E-state index in [1.54, 1.807) is 11.9 Å². The Morgan fingerprint density at radius 2 is 1.91 bits per heavy atom. The first kappa shape index (κ1) is 22.8. The molecule has 4 heterocycles. The number of likely N-dealkylation sites (tertiary alicyclic amines) is 1. The minimum Gasteiger partial charge on any atom is -0.481 e. The number of carboxylic acid groups (broad SMARTS) is 1. The molecule has 3 aliphatic heterocycles. The molecule has 10 heteroatoms. The van der Waals surface area contributed by atoms with Gasteiger partial charge in [-0.1, -0.05) is 30.3 Å². The third-order valence-electron chi connectivity index (χ3n) is 7.28. The third-order valence-corrected chi connectivity index (χ3v) is 8.74. The van der Waals surface area contributed by atoms with E-state index >= 15 is 0 Å². The van der Waals surface area contributed by atoms with E-state index in [2.05, 4.69) is 5.32 Å². The summed E-state index contributed by atoms with van der Waals surface area (Å²) in [4.78, 5) is 38.1. The summed E-state index contributed by atoms with van der Waals surface area (Å²) < 4.78 is 12.7. The molecule has 180 valence electrons. The smallest absolute Gasteiger partial charge is 0.314 e. The van der Waals surface area contributed by atoms with Gasteiger partial charge in [0.05, 0.1) is 21.9 Å². The normalized spacial score (nSPS) is 24.1. The zero-order valence-corrected chi connectivity index (χ0v) is 20.0. The summed E-state index contributed by atoms with van der Waals surface area (Å²) in [6.45, 7) is 1.61. The highest BCUT2D eigenvalue weighted by Crippen LogP contribution is 2.38. The van der Waals surface area contributed by atoms with E-state index in [1.165, 1.54) is 0 Å². The van der Waals surface area contributed by atoms with Gasteiger partial charge in [0, 0.05) is 51.3 Å². The molecule has 1 amide bonds. The number of aliphatic carboxylic acids is 1. The van der Waals surface area contributed by atoms with Gasteiger partial charge in [-0.2, -0.15) is 4.98 Å². The molecule has 2 atom stereocenters. The van der Waals surface area contributed by atoms with Crippen molar-refractivity contribution >= 4 is 34.4 Å². The molecular formula is C24H29N5O4S. The summed E-state index contributed by atoms with van der Waals surface area (Å²) in [7, 11) is 0.641. The monoisotopic (exact) mass is 483 g/mol. The number of benzene rings is 1. The predicted molar refractivity (Wildman–Crippen MR) is 128 cm³/mol. The lowest BCUT2D eigenvalue weighted by Crippen LogP contribution is -2.48. The highest BCUT2D eigenvalue weighted by atomic mass is 32.2. The van der Waals surface area contributed by atoms with Crippen LogP contribution in [0.1, 0.15) is 36.9 Å². The van der Waals surface area contributed by atoms with Crippen molar-refractivity contribution in [2.45, 2.75) is 48.5 Å². The summed E-state index contributed by atoms with van der Waals surface area (Å²) >= 11 is 0. The van der Waals surface area contributed by atoms with Crippen LogP contribution in [-0.2, 0) is 32.2 Å². The average Bonchev–Trinajstić information content (AvgIpc) is 3.23. The van der Waals surface area contributed by atoms with Crippen molar-refractivity contribution in [1.29, 1.82) is 0 Å². The Kier molecular flexibility index (Phi) is 6.01. The van der Waals surface area contributed by atoms with E-state index in [1.807, 2.05) is 35.2 Å². The molecule has 2 fully saturated rings. The fourth-order valence-electron chi connectivity index (χ4n) is 5.22. The van der Waals surface area contributed by atoms with Crippen molar-refractivity contribution < 1.29 is 18.9 Å². The Balaban J connectivity index is 1.40. The van der Waals surface area contributed by atoms with Gasteiger partial charge in [0.15, 0.2) is 0 Å². The fourth-order valence-corrected chi connectivity index (χ4v) is 6.53. The summed E-state index contributed by atoms with van der Waals surface area (Å²) in [5.41, 5.74) is 0.700. The van der Waals surface area contributed by atoms with Crippen molar-refractivity contribution in [3.05, 3.63) is 41.6 Å². The molecule has 0 saturated carbocycles. The van der Waals surface area contributed by atoms with Crippen LogP contribution in [0.15, 0.2) is 35.2 Å². The van der Waals surface area contributed by atoms with E-state index in [-0.39, 0.29) is 11.9 Å². The third kappa shape index (κ3) is 4.04. The molecule has 1 aromatic carbocycles. The van der Waals surface area contributed by atoms with Crippen LogP contribution >= 0.6 is 0 Å². The predicted octanol–water partition coefficient (Wildman–Crippen LogP) is 1.80. The molecule has 0 spiro atoms. The molecule has 2 aromatic rings. The molecule has 2 unspecified atom stereocenters. The summed E-state index contributed by atoms with van der Waals surface area (Å²) in [6.07, 6.45) is 2.71. The summed E-state index contributed by atoms with van der Waals surface area (Å²) in [5.74, 6) is 0.987. The lowest BCUT2D eigenvalue weighted by atomic mass is 9.73. The first-order valence-corrected chi connectivity index (χ1v) is 13.0. The van der Waals surface area contributed by atoms with Crippen molar-refractivity contribution in [3.63, 3.8) is 0 Å². The Labute approximate surface area is 201 Å². The van der Waals surface area contributed by atoms with Crippen LogP contribution in [0.3, 0.4) is 0 Å².